The number of ether oxygens (including phenoxy) is 2. The number of aryl methyl sites for hydroxylation is 1. The van der Waals surface area contributed by atoms with Gasteiger partial charge in [-0.2, -0.15) is 0 Å². The number of hydrogen-bond donors (Lipinski definition) is 1. The maximum Gasteiger partial charge on any atom is 0.335 e. The molecule has 4 amide bonds. The average Bonchev–Trinajstić information content (AvgIpc) is 2.75. The molecule has 1 N–H and O–H groups in total. The van der Waals surface area contributed by atoms with E-state index < -0.39 is 17.8 Å². The van der Waals surface area contributed by atoms with Gasteiger partial charge in [-0.3, -0.25) is 14.9 Å². The Morgan fingerprint density at radius 2 is 1.87 bits per heavy atom. The lowest BCUT2D eigenvalue weighted by molar-refractivity contribution is -0.122. The number of imide groups is 2. The van der Waals surface area contributed by atoms with E-state index in [9.17, 15) is 14.4 Å². The Bertz CT molecular complexity index is 1060. The van der Waals surface area contributed by atoms with Crippen molar-refractivity contribution < 1.29 is 23.9 Å². The Balaban J connectivity index is 2.03. The third-order valence-electron chi connectivity index (χ3n) is 4.73. The molecule has 0 atom stereocenters. The third-order valence-corrected chi connectivity index (χ3v) is 5.53. The zero-order valence-electron chi connectivity index (χ0n) is 17.5. The van der Waals surface area contributed by atoms with Crippen molar-refractivity contribution in [3.05, 3.63) is 56.7 Å². The number of amides is 4. The number of carbonyl (C=O) groups is 3. The highest BCUT2D eigenvalue weighted by Crippen LogP contribution is 2.35. The maximum atomic E-state index is 13.2. The molecule has 1 aliphatic heterocycles. The van der Waals surface area contributed by atoms with Crippen LogP contribution in [-0.4, -0.2) is 31.6 Å². The summed E-state index contributed by atoms with van der Waals surface area (Å²) in [6, 6.07) is 9.85. The van der Waals surface area contributed by atoms with E-state index in [2.05, 4.69) is 27.9 Å². The minimum atomic E-state index is -0.761. The molecule has 0 aliphatic carbocycles. The summed E-state index contributed by atoms with van der Waals surface area (Å²) in [4.78, 5) is 39.2. The topological polar surface area (TPSA) is 84.9 Å². The van der Waals surface area contributed by atoms with Crippen LogP contribution in [0.25, 0.3) is 6.08 Å². The number of urea groups is 1. The number of hydrogen-bond acceptors (Lipinski definition) is 5. The van der Waals surface area contributed by atoms with Gasteiger partial charge in [-0.1, -0.05) is 32.0 Å². The van der Waals surface area contributed by atoms with Crippen LogP contribution in [0.1, 0.15) is 31.4 Å². The highest BCUT2D eigenvalue weighted by atomic mass is 127. The van der Waals surface area contributed by atoms with Gasteiger partial charge in [-0.05, 0) is 70.8 Å². The quantitative estimate of drug-likeness (QED) is 0.325. The molecule has 1 fully saturated rings. The van der Waals surface area contributed by atoms with Gasteiger partial charge < -0.3 is 9.47 Å². The normalized spacial score (nSPS) is 15.3. The Labute approximate surface area is 194 Å². The predicted octanol–water partition coefficient (Wildman–Crippen LogP) is 4.32. The van der Waals surface area contributed by atoms with Gasteiger partial charge in [-0.15, -0.1) is 0 Å². The van der Waals surface area contributed by atoms with Crippen molar-refractivity contribution >= 4 is 52.2 Å². The van der Waals surface area contributed by atoms with Crippen LogP contribution in [0, 0.1) is 3.57 Å². The first-order valence-corrected chi connectivity index (χ1v) is 11.0. The van der Waals surface area contributed by atoms with Crippen molar-refractivity contribution in [3.8, 4) is 11.5 Å². The second kappa shape index (κ2) is 9.95. The molecule has 7 nitrogen and oxygen atoms in total. The Kier molecular flexibility index (Phi) is 7.32. The molecule has 1 aliphatic rings. The highest BCUT2D eigenvalue weighted by molar-refractivity contribution is 14.1. The molecule has 2 aromatic carbocycles. The number of anilines is 1. The molecule has 1 saturated heterocycles. The Hall–Kier alpha value is -2.88. The predicted molar refractivity (Wildman–Crippen MR) is 126 cm³/mol. The number of halogens is 1. The average molecular weight is 534 g/mol. The second-order valence-corrected chi connectivity index (χ2v) is 7.98. The number of carbonyl (C=O) groups excluding carboxylic acids is 3. The van der Waals surface area contributed by atoms with Gasteiger partial charge in [0.15, 0.2) is 11.5 Å². The fourth-order valence-corrected chi connectivity index (χ4v) is 4.02. The fourth-order valence-electron chi connectivity index (χ4n) is 3.24. The minimum Gasteiger partial charge on any atom is -0.493 e. The first kappa shape index (κ1) is 22.8. The van der Waals surface area contributed by atoms with E-state index in [1.165, 1.54) is 13.2 Å². The second-order valence-electron chi connectivity index (χ2n) is 6.82. The summed E-state index contributed by atoms with van der Waals surface area (Å²) in [5, 5.41) is 2.26. The van der Waals surface area contributed by atoms with Crippen LogP contribution >= 0.6 is 22.6 Å². The van der Waals surface area contributed by atoms with E-state index >= 15 is 0 Å². The van der Waals surface area contributed by atoms with Crippen LogP contribution in [0.5, 0.6) is 11.5 Å². The zero-order chi connectivity index (χ0) is 22.5. The molecule has 0 bridgehead atoms. The molecule has 8 heteroatoms. The summed E-state index contributed by atoms with van der Waals surface area (Å²) in [5.41, 5.74) is 1.74. The number of barbiturate groups is 1. The largest absolute Gasteiger partial charge is 0.493 e. The molecule has 162 valence electrons. The van der Waals surface area contributed by atoms with Gasteiger partial charge in [0.05, 0.1) is 23.0 Å². The first-order chi connectivity index (χ1) is 14.9. The van der Waals surface area contributed by atoms with Gasteiger partial charge in [0.25, 0.3) is 11.8 Å². The molecule has 0 aromatic heterocycles. The molecular formula is C23H23IN2O5. The van der Waals surface area contributed by atoms with Crippen molar-refractivity contribution in [3.63, 3.8) is 0 Å². The molecule has 0 saturated carbocycles. The number of nitrogens with one attached hydrogen (secondary N) is 1. The van der Waals surface area contributed by atoms with Crippen molar-refractivity contribution in [2.45, 2.75) is 26.7 Å². The summed E-state index contributed by atoms with van der Waals surface area (Å²) in [6.45, 7) is 4.49. The summed E-state index contributed by atoms with van der Waals surface area (Å²) >= 11 is 2.12. The van der Waals surface area contributed by atoms with Gasteiger partial charge in [0.2, 0.25) is 0 Å². The van der Waals surface area contributed by atoms with Crippen LogP contribution in [0.15, 0.2) is 42.0 Å². The smallest absolute Gasteiger partial charge is 0.335 e. The number of para-hydroxylation sites is 1. The van der Waals surface area contributed by atoms with Crippen LogP contribution in [0.4, 0.5) is 10.5 Å². The summed E-state index contributed by atoms with van der Waals surface area (Å²) in [5.74, 6) is -0.296. The number of benzene rings is 2. The van der Waals surface area contributed by atoms with Crippen LogP contribution in [0.2, 0.25) is 0 Å². The highest BCUT2D eigenvalue weighted by Gasteiger charge is 2.37. The van der Waals surface area contributed by atoms with Crippen LogP contribution < -0.4 is 19.7 Å². The molecule has 0 spiro atoms. The van der Waals surface area contributed by atoms with Gasteiger partial charge in [0, 0.05) is 0 Å². The molecule has 2 aromatic rings. The van der Waals surface area contributed by atoms with Crippen molar-refractivity contribution in [2.24, 2.45) is 0 Å². The molecule has 3 rings (SSSR count). The SMILES string of the molecule is CCCOc1c(I)cc(/C=C2/C(=O)NC(=O)N(c3ccccc3CC)C2=O)cc1OC. The van der Waals surface area contributed by atoms with Crippen molar-refractivity contribution in [2.75, 3.05) is 18.6 Å². The Morgan fingerprint density at radius 1 is 1.13 bits per heavy atom. The maximum absolute atomic E-state index is 13.2. The number of rotatable bonds is 7. The lowest BCUT2D eigenvalue weighted by atomic mass is 10.0. The van der Waals surface area contributed by atoms with E-state index in [0.29, 0.717) is 35.8 Å². The van der Waals surface area contributed by atoms with E-state index in [0.717, 1.165) is 20.5 Å². The van der Waals surface area contributed by atoms with Crippen molar-refractivity contribution in [1.29, 1.82) is 0 Å². The summed E-state index contributed by atoms with van der Waals surface area (Å²) in [6.07, 6.45) is 2.94. The molecule has 0 unspecified atom stereocenters. The monoisotopic (exact) mass is 534 g/mol. The molecule has 31 heavy (non-hydrogen) atoms. The lowest BCUT2D eigenvalue weighted by Crippen LogP contribution is -2.54. The van der Waals surface area contributed by atoms with E-state index in [1.54, 1.807) is 24.3 Å². The lowest BCUT2D eigenvalue weighted by Gasteiger charge is -2.28. The number of methoxy groups -OCH3 is 1. The summed E-state index contributed by atoms with van der Waals surface area (Å²) in [7, 11) is 1.53. The van der Waals surface area contributed by atoms with Gasteiger partial charge in [-0.25, -0.2) is 9.69 Å². The number of nitrogens with zero attached hydrogens (tertiary/aromatic N) is 1. The molecular weight excluding hydrogens is 511 g/mol. The van der Waals surface area contributed by atoms with E-state index in [4.69, 9.17) is 9.47 Å². The van der Waals surface area contributed by atoms with Crippen LogP contribution in [-0.2, 0) is 16.0 Å². The van der Waals surface area contributed by atoms with Crippen LogP contribution in [0.3, 0.4) is 0 Å². The van der Waals surface area contributed by atoms with Crippen molar-refractivity contribution in [1.82, 2.24) is 5.32 Å². The van der Waals surface area contributed by atoms with Gasteiger partial charge in [0.1, 0.15) is 5.57 Å². The zero-order valence-corrected chi connectivity index (χ0v) is 19.7. The fraction of sp³-hybridized carbons (Fsp3) is 0.261. The molecule has 1 heterocycles. The van der Waals surface area contributed by atoms with E-state index in [1.807, 2.05) is 26.0 Å². The Morgan fingerprint density at radius 3 is 2.55 bits per heavy atom. The summed E-state index contributed by atoms with van der Waals surface area (Å²) < 4.78 is 12.0. The van der Waals surface area contributed by atoms with E-state index in [-0.39, 0.29) is 5.57 Å². The molecule has 0 radical (unpaired) electrons. The minimum absolute atomic E-state index is 0.134. The van der Waals surface area contributed by atoms with Gasteiger partial charge >= 0.3 is 6.03 Å². The first-order valence-electron chi connectivity index (χ1n) is 9.90. The standard InChI is InChI=1S/C23H23IN2O5/c1-4-10-31-20-17(24)12-14(13-19(20)30-3)11-16-21(27)25-23(29)26(22(16)28)18-9-7-6-8-15(18)5-2/h6-9,11-13H,4-5,10H2,1-3H3,(H,25,27,29)/b16-11-. The third kappa shape index (κ3) is 4.73.